The number of morpholine rings is 1. The molecule has 1 aliphatic rings. The van der Waals surface area contributed by atoms with Gasteiger partial charge in [0.25, 0.3) is 5.91 Å². The molecule has 0 bridgehead atoms. The standard InChI is InChI=1S/C20H32N4O3/c1-15-13-24(14-16(2)27-15)19(25)18-8-6-17(7-9-18)12-23-20(21-3)22-10-5-11-26-4/h6-9,15-16H,5,10-14H2,1-4H3,(H2,21,22,23). The Balaban J connectivity index is 1.84. The quantitative estimate of drug-likeness (QED) is 0.430. The fourth-order valence-corrected chi connectivity index (χ4v) is 3.12. The third-order valence-corrected chi connectivity index (χ3v) is 4.41. The molecule has 7 heteroatoms. The number of amides is 1. The van der Waals surface area contributed by atoms with Crippen LogP contribution in [-0.4, -0.2) is 69.4 Å². The second-order valence-electron chi connectivity index (χ2n) is 6.86. The number of guanidine groups is 1. The lowest BCUT2D eigenvalue weighted by Gasteiger charge is -2.35. The highest BCUT2D eigenvalue weighted by Crippen LogP contribution is 2.15. The van der Waals surface area contributed by atoms with E-state index in [9.17, 15) is 4.79 Å². The molecule has 0 aliphatic carbocycles. The summed E-state index contributed by atoms with van der Waals surface area (Å²) in [5.41, 5.74) is 1.80. The van der Waals surface area contributed by atoms with Crippen molar-refractivity contribution >= 4 is 11.9 Å². The lowest BCUT2D eigenvalue weighted by Crippen LogP contribution is -2.48. The molecule has 0 spiro atoms. The molecule has 1 aliphatic heterocycles. The van der Waals surface area contributed by atoms with Gasteiger partial charge in [0.1, 0.15) is 0 Å². The summed E-state index contributed by atoms with van der Waals surface area (Å²) < 4.78 is 10.7. The van der Waals surface area contributed by atoms with E-state index in [1.165, 1.54) is 0 Å². The maximum atomic E-state index is 12.7. The fourth-order valence-electron chi connectivity index (χ4n) is 3.12. The van der Waals surface area contributed by atoms with Crippen LogP contribution < -0.4 is 10.6 Å². The molecule has 1 saturated heterocycles. The van der Waals surface area contributed by atoms with Crippen LogP contribution in [0.15, 0.2) is 29.3 Å². The molecule has 0 aromatic heterocycles. The maximum absolute atomic E-state index is 12.7. The summed E-state index contributed by atoms with van der Waals surface area (Å²) >= 11 is 0. The molecule has 1 heterocycles. The smallest absolute Gasteiger partial charge is 0.254 e. The molecule has 2 unspecified atom stereocenters. The zero-order chi connectivity index (χ0) is 19.6. The van der Waals surface area contributed by atoms with Crippen LogP contribution in [0.25, 0.3) is 0 Å². The molecular weight excluding hydrogens is 344 g/mol. The van der Waals surface area contributed by atoms with Crippen LogP contribution in [0.3, 0.4) is 0 Å². The van der Waals surface area contributed by atoms with Crippen molar-refractivity contribution in [2.24, 2.45) is 4.99 Å². The van der Waals surface area contributed by atoms with Crippen LogP contribution in [0.1, 0.15) is 36.2 Å². The second kappa shape index (κ2) is 10.9. The third-order valence-electron chi connectivity index (χ3n) is 4.41. The average Bonchev–Trinajstić information content (AvgIpc) is 2.66. The maximum Gasteiger partial charge on any atom is 0.254 e. The number of hydrogen-bond donors (Lipinski definition) is 2. The summed E-state index contributed by atoms with van der Waals surface area (Å²) in [4.78, 5) is 18.8. The SMILES string of the molecule is CN=C(NCCCOC)NCc1ccc(C(=O)N2CC(C)OC(C)C2)cc1. The number of hydrogen-bond acceptors (Lipinski definition) is 4. The zero-order valence-electron chi connectivity index (χ0n) is 16.8. The van der Waals surface area contributed by atoms with Crippen molar-refractivity contribution in [3.8, 4) is 0 Å². The number of ether oxygens (including phenoxy) is 2. The Morgan fingerprint density at radius 1 is 1.22 bits per heavy atom. The summed E-state index contributed by atoms with van der Waals surface area (Å²) in [5, 5.41) is 6.51. The van der Waals surface area contributed by atoms with Gasteiger partial charge >= 0.3 is 0 Å². The van der Waals surface area contributed by atoms with Crippen LogP contribution in [0.5, 0.6) is 0 Å². The average molecular weight is 377 g/mol. The van der Waals surface area contributed by atoms with E-state index in [4.69, 9.17) is 9.47 Å². The first kappa shape index (κ1) is 21.2. The molecule has 150 valence electrons. The van der Waals surface area contributed by atoms with Crippen molar-refractivity contribution in [1.29, 1.82) is 0 Å². The lowest BCUT2D eigenvalue weighted by atomic mass is 10.1. The van der Waals surface area contributed by atoms with Crippen molar-refractivity contribution in [3.05, 3.63) is 35.4 Å². The molecule has 1 aromatic carbocycles. The summed E-state index contributed by atoms with van der Waals surface area (Å²) in [6.07, 6.45) is 1.07. The van der Waals surface area contributed by atoms with Gasteiger partial charge in [0.05, 0.1) is 12.2 Å². The predicted octanol–water partition coefficient (Wildman–Crippen LogP) is 1.64. The Hall–Kier alpha value is -2.12. The number of rotatable bonds is 7. The monoisotopic (exact) mass is 376 g/mol. The van der Waals surface area contributed by atoms with Gasteiger partial charge in [-0.2, -0.15) is 0 Å². The number of carbonyl (C=O) groups is 1. The van der Waals surface area contributed by atoms with Crippen LogP contribution in [0, 0.1) is 0 Å². The first-order valence-corrected chi connectivity index (χ1v) is 9.50. The van der Waals surface area contributed by atoms with E-state index < -0.39 is 0 Å². The Labute approximate surface area is 162 Å². The highest BCUT2D eigenvalue weighted by molar-refractivity contribution is 5.94. The Bertz CT molecular complexity index is 608. The van der Waals surface area contributed by atoms with Gasteiger partial charge in [0.15, 0.2) is 5.96 Å². The third kappa shape index (κ3) is 6.84. The first-order chi connectivity index (χ1) is 13.0. The van der Waals surface area contributed by atoms with Gasteiger partial charge < -0.3 is 25.0 Å². The van der Waals surface area contributed by atoms with E-state index in [1.54, 1.807) is 14.2 Å². The zero-order valence-corrected chi connectivity index (χ0v) is 16.8. The van der Waals surface area contributed by atoms with E-state index in [1.807, 2.05) is 43.0 Å². The highest BCUT2D eigenvalue weighted by atomic mass is 16.5. The van der Waals surface area contributed by atoms with Gasteiger partial charge in [-0.05, 0) is 38.0 Å². The topological polar surface area (TPSA) is 75.2 Å². The largest absolute Gasteiger partial charge is 0.385 e. The van der Waals surface area contributed by atoms with Crippen molar-refractivity contribution in [3.63, 3.8) is 0 Å². The predicted molar refractivity (Wildman–Crippen MR) is 107 cm³/mol. The molecule has 1 fully saturated rings. The summed E-state index contributed by atoms with van der Waals surface area (Å²) in [6, 6.07) is 7.73. The normalized spacial score (nSPS) is 20.4. The second-order valence-corrected chi connectivity index (χ2v) is 6.86. The molecule has 1 aromatic rings. The Morgan fingerprint density at radius 2 is 1.89 bits per heavy atom. The highest BCUT2D eigenvalue weighted by Gasteiger charge is 2.26. The van der Waals surface area contributed by atoms with E-state index in [0.29, 0.717) is 25.2 Å². The van der Waals surface area contributed by atoms with Gasteiger partial charge in [0.2, 0.25) is 0 Å². The molecule has 2 rings (SSSR count). The van der Waals surface area contributed by atoms with Gasteiger partial charge in [0, 0.05) is 52.5 Å². The minimum absolute atomic E-state index is 0.0622. The molecule has 2 N–H and O–H groups in total. The van der Waals surface area contributed by atoms with E-state index >= 15 is 0 Å². The first-order valence-electron chi connectivity index (χ1n) is 9.50. The summed E-state index contributed by atoms with van der Waals surface area (Å²) in [5.74, 6) is 0.815. The molecule has 27 heavy (non-hydrogen) atoms. The van der Waals surface area contributed by atoms with Crippen molar-refractivity contribution in [2.75, 3.05) is 40.4 Å². The molecule has 1 amide bonds. The lowest BCUT2D eigenvalue weighted by molar-refractivity contribution is -0.0586. The number of nitrogens with zero attached hydrogens (tertiary/aromatic N) is 2. The van der Waals surface area contributed by atoms with Gasteiger partial charge in [-0.25, -0.2) is 0 Å². The number of methoxy groups -OCH3 is 1. The summed E-state index contributed by atoms with van der Waals surface area (Å²) in [6.45, 7) is 7.44. The Morgan fingerprint density at radius 3 is 2.48 bits per heavy atom. The van der Waals surface area contributed by atoms with Crippen LogP contribution in [0.4, 0.5) is 0 Å². The minimum atomic E-state index is 0.0622. The van der Waals surface area contributed by atoms with Crippen molar-refractivity contribution in [2.45, 2.75) is 39.0 Å². The minimum Gasteiger partial charge on any atom is -0.385 e. The fraction of sp³-hybridized carbons (Fsp3) is 0.600. The number of aliphatic imine (C=N–C) groups is 1. The Kier molecular flexibility index (Phi) is 8.54. The van der Waals surface area contributed by atoms with Crippen LogP contribution in [-0.2, 0) is 16.0 Å². The molecular formula is C20H32N4O3. The van der Waals surface area contributed by atoms with E-state index in [-0.39, 0.29) is 18.1 Å². The van der Waals surface area contributed by atoms with Gasteiger partial charge in [-0.3, -0.25) is 9.79 Å². The van der Waals surface area contributed by atoms with E-state index in [2.05, 4.69) is 15.6 Å². The van der Waals surface area contributed by atoms with Crippen LogP contribution in [0.2, 0.25) is 0 Å². The van der Waals surface area contributed by atoms with E-state index in [0.717, 1.165) is 31.1 Å². The molecule has 0 saturated carbocycles. The molecule has 7 nitrogen and oxygen atoms in total. The van der Waals surface area contributed by atoms with Gasteiger partial charge in [-0.15, -0.1) is 0 Å². The molecule has 0 radical (unpaired) electrons. The number of benzene rings is 1. The number of nitrogens with one attached hydrogen (secondary N) is 2. The van der Waals surface area contributed by atoms with Gasteiger partial charge in [-0.1, -0.05) is 12.1 Å². The summed E-state index contributed by atoms with van der Waals surface area (Å²) in [7, 11) is 3.44. The number of carbonyl (C=O) groups excluding carboxylic acids is 1. The molecule has 2 atom stereocenters. The van der Waals surface area contributed by atoms with Crippen LogP contribution >= 0.6 is 0 Å². The van der Waals surface area contributed by atoms with Crippen molar-refractivity contribution < 1.29 is 14.3 Å². The van der Waals surface area contributed by atoms with Crippen molar-refractivity contribution in [1.82, 2.24) is 15.5 Å².